The van der Waals surface area contributed by atoms with Gasteiger partial charge >= 0.3 is 0 Å². The van der Waals surface area contributed by atoms with Crippen LogP contribution in [0.4, 0.5) is 4.39 Å². The van der Waals surface area contributed by atoms with Crippen molar-refractivity contribution in [3.05, 3.63) is 47.5 Å². The molecule has 0 aliphatic heterocycles. The Kier molecular flexibility index (Phi) is 2.64. The molecule has 2 aromatic rings. The molecule has 3 nitrogen and oxygen atoms in total. The van der Waals surface area contributed by atoms with Crippen LogP contribution in [0.15, 0.2) is 34.7 Å². The minimum Gasteiger partial charge on any atom is -0.453 e. The third-order valence-corrected chi connectivity index (χ3v) is 2.18. The fourth-order valence-corrected chi connectivity index (χ4v) is 1.43. The summed E-state index contributed by atoms with van der Waals surface area (Å²) < 4.78 is 18.4. The zero-order chi connectivity index (χ0) is 11.5. The van der Waals surface area contributed by atoms with Crippen molar-refractivity contribution in [1.82, 2.24) is 0 Å². The van der Waals surface area contributed by atoms with Crippen molar-refractivity contribution in [3.8, 4) is 11.3 Å². The van der Waals surface area contributed by atoms with Gasteiger partial charge in [0.1, 0.15) is 11.6 Å². The van der Waals surface area contributed by atoms with E-state index in [0.717, 1.165) is 0 Å². The predicted octanol–water partition coefficient (Wildman–Crippen LogP) is 2.71. The quantitative estimate of drug-likeness (QED) is 0.744. The molecule has 0 aliphatic rings. The summed E-state index contributed by atoms with van der Waals surface area (Å²) >= 11 is 0. The van der Waals surface area contributed by atoms with Crippen LogP contribution in [0.1, 0.15) is 20.9 Å². The van der Waals surface area contributed by atoms with E-state index in [-0.39, 0.29) is 11.3 Å². The highest BCUT2D eigenvalue weighted by atomic mass is 19.1. The highest BCUT2D eigenvalue weighted by molar-refractivity contribution is 5.87. The number of hydrogen-bond acceptors (Lipinski definition) is 3. The van der Waals surface area contributed by atoms with Gasteiger partial charge < -0.3 is 4.42 Å². The fraction of sp³-hybridized carbons (Fsp3) is 0. The Labute approximate surface area is 90.5 Å². The normalized spacial score (nSPS) is 10.1. The van der Waals surface area contributed by atoms with Gasteiger partial charge in [0.25, 0.3) is 0 Å². The molecule has 80 valence electrons. The summed E-state index contributed by atoms with van der Waals surface area (Å²) in [6.45, 7) is 0. The monoisotopic (exact) mass is 218 g/mol. The second-order valence-electron chi connectivity index (χ2n) is 3.14. The lowest BCUT2D eigenvalue weighted by Crippen LogP contribution is -1.91. The van der Waals surface area contributed by atoms with Gasteiger partial charge in [0, 0.05) is 5.56 Å². The summed E-state index contributed by atoms with van der Waals surface area (Å²) in [7, 11) is 0. The van der Waals surface area contributed by atoms with E-state index in [0.29, 0.717) is 23.9 Å². The number of halogens is 1. The van der Waals surface area contributed by atoms with Gasteiger partial charge in [-0.3, -0.25) is 9.59 Å². The fourth-order valence-electron chi connectivity index (χ4n) is 1.43. The van der Waals surface area contributed by atoms with Crippen LogP contribution in [-0.4, -0.2) is 12.6 Å². The van der Waals surface area contributed by atoms with Crippen molar-refractivity contribution in [1.29, 1.82) is 0 Å². The molecule has 0 spiro atoms. The van der Waals surface area contributed by atoms with Crippen molar-refractivity contribution < 1.29 is 18.4 Å². The summed E-state index contributed by atoms with van der Waals surface area (Å²) in [5.74, 6) is -0.184. The Bertz CT molecular complexity index is 543. The van der Waals surface area contributed by atoms with Crippen LogP contribution in [-0.2, 0) is 0 Å². The van der Waals surface area contributed by atoms with E-state index in [1.807, 2.05) is 0 Å². The lowest BCUT2D eigenvalue weighted by atomic mass is 10.1. The van der Waals surface area contributed by atoms with E-state index in [4.69, 9.17) is 4.42 Å². The molecule has 0 unspecified atom stereocenters. The first-order valence-corrected chi connectivity index (χ1v) is 4.55. The molecule has 2 rings (SSSR count). The number of rotatable bonds is 3. The first-order valence-electron chi connectivity index (χ1n) is 4.55. The highest BCUT2D eigenvalue weighted by Crippen LogP contribution is 2.26. The summed E-state index contributed by atoms with van der Waals surface area (Å²) in [6, 6.07) is 7.20. The maximum absolute atomic E-state index is 13.3. The molecule has 4 heteroatoms. The Morgan fingerprint density at radius 2 is 1.88 bits per heavy atom. The van der Waals surface area contributed by atoms with Crippen molar-refractivity contribution in [2.24, 2.45) is 0 Å². The van der Waals surface area contributed by atoms with Crippen LogP contribution < -0.4 is 0 Å². The number of aldehydes is 2. The number of benzene rings is 1. The standard InChI is InChI=1S/C12H7FO3/c13-11-3-1-2-9(10(11)7-15)12-5-4-8(6-14)16-12/h1-7H. The first-order chi connectivity index (χ1) is 7.76. The molecule has 0 fully saturated rings. The van der Waals surface area contributed by atoms with Gasteiger partial charge in [0.2, 0.25) is 0 Å². The molecule has 1 aromatic carbocycles. The van der Waals surface area contributed by atoms with Crippen LogP contribution in [0.5, 0.6) is 0 Å². The molecule has 0 bridgehead atoms. The summed E-state index contributed by atoms with van der Waals surface area (Å²) in [4.78, 5) is 21.2. The number of hydrogen-bond donors (Lipinski definition) is 0. The van der Waals surface area contributed by atoms with Crippen LogP contribution in [0.2, 0.25) is 0 Å². The number of carbonyl (C=O) groups excluding carboxylic acids is 2. The van der Waals surface area contributed by atoms with Crippen molar-refractivity contribution in [3.63, 3.8) is 0 Å². The van der Waals surface area contributed by atoms with Crippen molar-refractivity contribution in [2.75, 3.05) is 0 Å². The molecule has 1 heterocycles. The van der Waals surface area contributed by atoms with Gasteiger partial charge in [-0.05, 0) is 18.2 Å². The summed E-state index contributed by atoms with van der Waals surface area (Å²) in [5.41, 5.74) is 0.261. The van der Waals surface area contributed by atoms with Crippen LogP contribution in [0.3, 0.4) is 0 Å². The van der Waals surface area contributed by atoms with E-state index in [1.165, 1.54) is 24.3 Å². The lowest BCUT2D eigenvalue weighted by molar-refractivity contribution is 0.110. The molecule has 16 heavy (non-hydrogen) atoms. The van der Waals surface area contributed by atoms with E-state index in [9.17, 15) is 14.0 Å². The summed E-state index contributed by atoms with van der Waals surface area (Å²) in [6.07, 6.45) is 0.969. The second-order valence-corrected chi connectivity index (χ2v) is 3.14. The maximum atomic E-state index is 13.3. The van der Waals surface area contributed by atoms with Gasteiger partial charge in [0.05, 0.1) is 5.56 Å². The minimum absolute atomic E-state index is 0.0747. The van der Waals surface area contributed by atoms with E-state index < -0.39 is 5.82 Å². The zero-order valence-corrected chi connectivity index (χ0v) is 8.14. The lowest BCUT2D eigenvalue weighted by Gasteiger charge is -2.01. The summed E-state index contributed by atoms with van der Waals surface area (Å²) in [5, 5.41) is 0. The maximum Gasteiger partial charge on any atom is 0.185 e. The number of furan rings is 1. The first kappa shape index (κ1) is 10.3. The van der Waals surface area contributed by atoms with Crippen molar-refractivity contribution >= 4 is 12.6 Å². The van der Waals surface area contributed by atoms with Crippen LogP contribution in [0, 0.1) is 5.82 Å². The third-order valence-electron chi connectivity index (χ3n) is 2.18. The molecule has 0 aliphatic carbocycles. The molecule has 0 N–H and O–H groups in total. The minimum atomic E-state index is -0.614. The SMILES string of the molecule is O=Cc1ccc(-c2cccc(F)c2C=O)o1. The topological polar surface area (TPSA) is 47.3 Å². The molecule has 0 radical (unpaired) electrons. The Morgan fingerprint density at radius 1 is 1.06 bits per heavy atom. The average Bonchev–Trinajstić information content (AvgIpc) is 2.77. The largest absolute Gasteiger partial charge is 0.453 e. The van der Waals surface area contributed by atoms with Gasteiger partial charge in [-0.1, -0.05) is 12.1 Å². The van der Waals surface area contributed by atoms with Crippen LogP contribution in [0.25, 0.3) is 11.3 Å². The zero-order valence-electron chi connectivity index (χ0n) is 8.14. The average molecular weight is 218 g/mol. The van der Waals surface area contributed by atoms with E-state index in [2.05, 4.69) is 0 Å². The Hall–Kier alpha value is -2.23. The highest BCUT2D eigenvalue weighted by Gasteiger charge is 2.12. The predicted molar refractivity (Wildman–Crippen MR) is 54.9 cm³/mol. The Morgan fingerprint density at radius 3 is 2.50 bits per heavy atom. The number of carbonyl (C=O) groups is 2. The Balaban J connectivity index is 2.59. The van der Waals surface area contributed by atoms with Gasteiger partial charge in [-0.2, -0.15) is 0 Å². The van der Waals surface area contributed by atoms with E-state index in [1.54, 1.807) is 6.07 Å². The van der Waals surface area contributed by atoms with E-state index >= 15 is 0 Å². The third kappa shape index (κ3) is 1.65. The van der Waals surface area contributed by atoms with Gasteiger partial charge in [-0.15, -0.1) is 0 Å². The smallest absolute Gasteiger partial charge is 0.185 e. The molecule has 0 saturated carbocycles. The van der Waals surface area contributed by atoms with Crippen LogP contribution >= 0.6 is 0 Å². The van der Waals surface area contributed by atoms with Gasteiger partial charge in [-0.25, -0.2) is 4.39 Å². The molecule has 0 saturated heterocycles. The van der Waals surface area contributed by atoms with Gasteiger partial charge in [0.15, 0.2) is 18.3 Å². The molecule has 0 amide bonds. The molecule has 0 atom stereocenters. The second kappa shape index (κ2) is 4.10. The molecular weight excluding hydrogens is 211 g/mol. The van der Waals surface area contributed by atoms with Crippen molar-refractivity contribution in [2.45, 2.75) is 0 Å². The molecule has 1 aromatic heterocycles. The molecular formula is C12H7FO3.